The minimum absolute atomic E-state index is 0.263. The molecule has 100 valence electrons. The Morgan fingerprint density at radius 2 is 1.90 bits per heavy atom. The van der Waals surface area contributed by atoms with Crippen LogP contribution in [0.5, 0.6) is 5.75 Å². The first-order valence-electron chi connectivity index (χ1n) is 6.27. The van der Waals surface area contributed by atoms with Crippen LogP contribution < -0.4 is 0 Å². The molecule has 0 unspecified atom stereocenters. The highest BCUT2D eigenvalue weighted by atomic mass is 79.9. The summed E-state index contributed by atoms with van der Waals surface area (Å²) in [5, 5.41) is 9.36. The highest BCUT2D eigenvalue weighted by Crippen LogP contribution is 2.21. The highest BCUT2D eigenvalue weighted by molar-refractivity contribution is 9.10. The summed E-state index contributed by atoms with van der Waals surface area (Å²) in [4.78, 5) is 4.40. The molecule has 4 heteroatoms. The number of halogens is 1. The molecule has 0 aliphatic carbocycles. The van der Waals surface area contributed by atoms with Gasteiger partial charge in [0.05, 0.1) is 0 Å². The highest BCUT2D eigenvalue weighted by Gasteiger charge is 2.06. The van der Waals surface area contributed by atoms with Gasteiger partial charge in [-0.15, -0.1) is 0 Å². The third-order valence-corrected chi connectivity index (χ3v) is 3.58. The van der Waals surface area contributed by atoms with Gasteiger partial charge in [-0.3, -0.25) is 0 Å². The van der Waals surface area contributed by atoms with Crippen molar-refractivity contribution in [2.45, 2.75) is 6.54 Å². The maximum atomic E-state index is 9.36. The van der Waals surface area contributed by atoms with Crippen LogP contribution in [0.3, 0.4) is 0 Å². The molecule has 0 saturated carbocycles. The second-order valence-corrected chi connectivity index (χ2v) is 5.47. The lowest BCUT2D eigenvalue weighted by atomic mass is 10.2. The Morgan fingerprint density at radius 3 is 2.65 bits per heavy atom. The van der Waals surface area contributed by atoms with Crippen molar-refractivity contribution in [1.29, 1.82) is 0 Å². The predicted octanol–water partition coefficient (Wildman–Crippen LogP) is 4.07. The van der Waals surface area contributed by atoms with Crippen molar-refractivity contribution < 1.29 is 5.11 Å². The van der Waals surface area contributed by atoms with E-state index in [9.17, 15) is 5.11 Å². The Hall–Kier alpha value is -2.07. The van der Waals surface area contributed by atoms with Crippen molar-refractivity contribution in [1.82, 2.24) is 9.55 Å². The van der Waals surface area contributed by atoms with E-state index in [0.29, 0.717) is 0 Å². The number of hydrogen-bond acceptors (Lipinski definition) is 2. The molecular weight excluding hydrogens is 316 g/mol. The molecule has 0 aliphatic rings. The van der Waals surface area contributed by atoms with Crippen molar-refractivity contribution in [2.24, 2.45) is 0 Å². The number of benzene rings is 2. The fourth-order valence-corrected chi connectivity index (χ4v) is 2.59. The van der Waals surface area contributed by atoms with Gasteiger partial charge in [0, 0.05) is 29.0 Å². The molecule has 0 saturated heterocycles. The van der Waals surface area contributed by atoms with Crippen molar-refractivity contribution in [3.63, 3.8) is 0 Å². The predicted molar refractivity (Wildman–Crippen MR) is 82.6 cm³/mol. The van der Waals surface area contributed by atoms with Gasteiger partial charge in [0.25, 0.3) is 0 Å². The molecule has 1 heterocycles. The van der Waals surface area contributed by atoms with E-state index < -0.39 is 0 Å². The number of imidazole rings is 1. The minimum Gasteiger partial charge on any atom is -0.508 e. The number of aromatic nitrogens is 2. The molecule has 2 aromatic carbocycles. The lowest BCUT2D eigenvalue weighted by Gasteiger charge is -2.08. The Balaban J connectivity index is 1.92. The second kappa shape index (κ2) is 5.51. The van der Waals surface area contributed by atoms with Crippen LogP contribution in [0.25, 0.3) is 11.4 Å². The first kappa shape index (κ1) is 12.9. The molecule has 0 spiro atoms. The smallest absolute Gasteiger partial charge is 0.140 e. The molecule has 0 atom stereocenters. The number of nitrogens with zero attached hydrogens (tertiary/aromatic N) is 2. The van der Waals surface area contributed by atoms with Gasteiger partial charge in [-0.2, -0.15) is 0 Å². The van der Waals surface area contributed by atoms with Gasteiger partial charge in [-0.25, -0.2) is 4.98 Å². The summed E-state index contributed by atoms with van der Waals surface area (Å²) in [6.07, 6.45) is 3.75. The molecule has 0 radical (unpaired) electrons. The fraction of sp³-hybridized carbons (Fsp3) is 0.0625. The SMILES string of the molecule is Oc1ccc(-c2nccn2Cc2cccc(Br)c2)cc1. The summed E-state index contributed by atoms with van der Waals surface area (Å²) in [5.41, 5.74) is 2.19. The van der Waals surface area contributed by atoms with Crippen LogP contribution in [0, 0.1) is 0 Å². The average Bonchev–Trinajstić information content (AvgIpc) is 2.88. The van der Waals surface area contributed by atoms with Crippen molar-refractivity contribution in [2.75, 3.05) is 0 Å². The van der Waals surface area contributed by atoms with E-state index in [-0.39, 0.29) is 5.75 Å². The second-order valence-electron chi connectivity index (χ2n) is 4.56. The number of aromatic hydroxyl groups is 1. The van der Waals surface area contributed by atoms with Crippen LogP contribution >= 0.6 is 15.9 Å². The molecular formula is C16H13BrN2O. The molecule has 0 aliphatic heterocycles. The van der Waals surface area contributed by atoms with Gasteiger partial charge in [-0.05, 0) is 42.0 Å². The third-order valence-electron chi connectivity index (χ3n) is 3.08. The van der Waals surface area contributed by atoms with Crippen LogP contribution in [-0.4, -0.2) is 14.7 Å². The lowest BCUT2D eigenvalue weighted by molar-refractivity contribution is 0.475. The van der Waals surface area contributed by atoms with Crippen molar-refractivity contribution in [3.8, 4) is 17.1 Å². The molecule has 0 amide bonds. The minimum atomic E-state index is 0.263. The molecule has 3 aromatic rings. The summed E-state index contributed by atoms with van der Waals surface area (Å²) in [6.45, 7) is 0.760. The van der Waals surface area contributed by atoms with Gasteiger partial charge >= 0.3 is 0 Å². The molecule has 0 fully saturated rings. The Kier molecular flexibility index (Phi) is 3.56. The summed E-state index contributed by atoms with van der Waals surface area (Å²) in [5.74, 6) is 1.16. The van der Waals surface area contributed by atoms with E-state index in [2.05, 4.69) is 37.6 Å². The van der Waals surface area contributed by atoms with Gasteiger partial charge in [0.15, 0.2) is 0 Å². The molecule has 20 heavy (non-hydrogen) atoms. The first-order valence-corrected chi connectivity index (χ1v) is 7.07. The fourth-order valence-electron chi connectivity index (χ4n) is 2.14. The van der Waals surface area contributed by atoms with Crippen molar-refractivity contribution in [3.05, 3.63) is 71.0 Å². The monoisotopic (exact) mass is 328 g/mol. The maximum Gasteiger partial charge on any atom is 0.140 e. The molecule has 1 N–H and O–H groups in total. The number of hydrogen-bond donors (Lipinski definition) is 1. The van der Waals surface area contributed by atoms with Gasteiger partial charge in [-0.1, -0.05) is 28.1 Å². The lowest BCUT2D eigenvalue weighted by Crippen LogP contribution is -2.01. The van der Waals surface area contributed by atoms with E-state index >= 15 is 0 Å². The summed E-state index contributed by atoms with van der Waals surface area (Å²) in [7, 11) is 0. The summed E-state index contributed by atoms with van der Waals surface area (Å²) >= 11 is 3.48. The maximum absolute atomic E-state index is 9.36. The van der Waals surface area contributed by atoms with E-state index in [1.165, 1.54) is 5.56 Å². The Morgan fingerprint density at radius 1 is 1.10 bits per heavy atom. The topological polar surface area (TPSA) is 38.1 Å². The van der Waals surface area contributed by atoms with Crippen LogP contribution in [0.4, 0.5) is 0 Å². The van der Waals surface area contributed by atoms with Crippen LogP contribution in [0.2, 0.25) is 0 Å². The third kappa shape index (κ3) is 2.75. The number of phenolic OH excluding ortho intramolecular Hbond substituents is 1. The largest absolute Gasteiger partial charge is 0.508 e. The standard InChI is InChI=1S/C16H13BrN2O/c17-14-3-1-2-12(10-14)11-19-9-8-18-16(19)13-4-6-15(20)7-5-13/h1-10,20H,11H2. The van der Waals surface area contributed by atoms with Crippen LogP contribution in [0.15, 0.2) is 65.4 Å². The van der Waals surface area contributed by atoms with E-state index in [0.717, 1.165) is 22.4 Å². The van der Waals surface area contributed by atoms with Gasteiger partial charge < -0.3 is 9.67 Å². The van der Waals surface area contributed by atoms with Crippen LogP contribution in [0.1, 0.15) is 5.56 Å². The normalized spacial score (nSPS) is 10.7. The van der Waals surface area contributed by atoms with E-state index in [1.807, 2.05) is 30.5 Å². The van der Waals surface area contributed by atoms with E-state index in [4.69, 9.17) is 0 Å². The Labute approximate surface area is 125 Å². The molecule has 3 rings (SSSR count). The Bertz CT molecular complexity index is 719. The van der Waals surface area contributed by atoms with Gasteiger partial charge in [0.1, 0.15) is 11.6 Å². The summed E-state index contributed by atoms with van der Waals surface area (Å²) in [6, 6.07) is 15.3. The zero-order valence-corrected chi connectivity index (χ0v) is 12.3. The van der Waals surface area contributed by atoms with Crippen molar-refractivity contribution >= 4 is 15.9 Å². The summed E-state index contributed by atoms with van der Waals surface area (Å²) < 4.78 is 3.16. The zero-order valence-electron chi connectivity index (χ0n) is 10.7. The van der Waals surface area contributed by atoms with Crippen LogP contribution in [-0.2, 0) is 6.54 Å². The quantitative estimate of drug-likeness (QED) is 0.787. The first-order chi connectivity index (χ1) is 9.72. The zero-order chi connectivity index (χ0) is 13.9. The van der Waals surface area contributed by atoms with E-state index in [1.54, 1.807) is 18.3 Å². The molecule has 0 bridgehead atoms. The average molecular weight is 329 g/mol. The van der Waals surface area contributed by atoms with Gasteiger partial charge in [0.2, 0.25) is 0 Å². The number of rotatable bonds is 3. The molecule has 1 aromatic heterocycles. The molecule has 3 nitrogen and oxygen atoms in total. The number of phenols is 1.